The molecule has 1 amide bonds. The molecular formula is C15H22Cl2N2O2. The van der Waals surface area contributed by atoms with Gasteiger partial charge in [-0.2, -0.15) is 0 Å². The quantitative estimate of drug-likeness (QED) is 0.804. The van der Waals surface area contributed by atoms with Crippen LogP contribution in [0, 0.1) is 0 Å². The summed E-state index contributed by atoms with van der Waals surface area (Å²) in [7, 11) is 0. The van der Waals surface area contributed by atoms with E-state index in [1.165, 1.54) is 0 Å². The van der Waals surface area contributed by atoms with Crippen LogP contribution < -0.4 is 15.4 Å². The van der Waals surface area contributed by atoms with Crippen LogP contribution in [0.4, 0.5) is 0 Å². The summed E-state index contributed by atoms with van der Waals surface area (Å²) in [5.74, 6) is 0.318. The van der Waals surface area contributed by atoms with Crippen molar-refractivity contribution in [2.24, 2.45) is 0 Å². The Morgan fingerprint density at radius 1 is 1.29 bits per heavy atom. The fraction of sp³-hybridized carbons (Fsp3) is 0.533. The van der Waals surface area contributed by atoms with Gasteiger partial charge in [0.05, 0.1) is 5.02 Å². The molecular weight excluding hydrogens is 311 g/mol. The monoisotopic (exact) mass is 332 g/mol. The topological polar surface area (TPSA) is 50.4 Å². The van der Waals surface area contributed by atoms with Crippen LogP contribution in [-0.2, 0) is 11.3 Å². The molecule has 0 aliphatic carbocycles. The van der Waals surface area contributed by atoms with Crippen LogP contribution in [0.15, 0.2) is 12.1 Å². The van der Waals surface area contributed by atoms with Gasteiger partial charge in [0.2, 0.25) is 0 Å². The van der Waals surface area contributed by atoms with Crippen molar-refractivity contribution >= 4 is 29.1 Å². The molecule has 0 spiro atoms. The molecule has 1 unspecified atom stereocenters. The van der Waals surface area contributed by atoms with Gasteiger partial charge in [-0.15, -0.1) is 0 Å². The van der Waals surface area contributed by atoms with E-state index in [-0.39, 0.29) is 11.9 Å². The van der Waals surface area contributed by atoms with Crippen molar-refractivity contribution < 1.29 is 9.53 Å². The van der Waals surface area contributed by atoms with Crippen LogP contribution in [0.25, 0.3) is 0 Å². The van der Waals surface area contributed by atoms with Crippen LogP contribution >= 0.6 is 23.2 Å². The van der Waals surface area contributed by atoms with Crippen LogP contribution in [0.3, 0.4) is 0 Å². The number of rotatable bonds is 7. The summed E-state index contributed by atoms with van der Waals surface area (Å²) in [6, 6.07) is 3.46. The highest BCUT2D eigenvalue weighted by Gasteiger charge is 2.19. The molecule has 1 atom stereocenters. The molecule has 2 N–H and O–H groups in total. The molecule has 118 valence electrons. The number of halogens is 2. The number of hydrogen-bond acceptors (Lipinski definition) is 3. The van der Waals surface area contributed by atoms with Crippen molar-refractivity contribution in [3.63, 3.8) is 0 Å². The van der Waals surface area contributed by atoms with E-state index >= 15 is 0 Å². The number of nitrogens with one attached hydrogen (secondary N) is 2. The average molecular weight is 333 g/mol. The lowest BCUT2D eigenvalue weighted by Crippen LogP contribution is -2.40. The lowest BCUT2D eigenvalue weighted by atomic mass is 10.2. The Kier molecular flexibility index (Phi) is 7.29. The third-order valence-corrected chi connectivity index (χ3v) is 3.24. The third kappa shape index (κ3) is 5.73. The Morgan fingerprint density at radius 3 is 2.52 bits per heavy atom. The van der Waals surface area contributed by atoms with Gasteiger partial charge in [0.1, 0.15) is 5.75 Å². The van der Waals surface area contributed by atoms with Gasteiger partial charge in [0.25, 0.3) is 5.91 Å². The van der Waals surface area contributed by atoms with Crippen molar-refractivity contribution in [1.29, 1.82) is 0 Å². The lowest BCUT2D eigenvalue weighted by Gasteiger charge is -2.20. The van der Waals surface area contributed by atoms with Crippen molar-refractivity contribution in [2.75, 3.05) is 6.54 Å². The van der Waals surface area contributed by atoms with E-state index in [1.807, 2.05) is 20.8 Å². The van der Waals surface area contributed by atoms with Gasteiger partial charge in [0.15, 0.2) is 6.10 Å². The van der Waals surface area contributed by atoms with E-state index in [0.29, 0.717) is 22.3 Å². The molecule has 1 aromatic rings. The van der Waals surface area contributed by atoms with Crippen LogP contribution in [0.5, 0.6) is 5.75 Å². The molecule has 0 bridgehead atoms. The molecule has 4 nitrogen and oxygen atoms in total. The minimum Gasteiger partial charge on any atom is -0.479 e. The second-order valence-electron chi connectivity index (χ2n) is 5.08. The summed E-state index contributed by atoms with van der Waals surface area (Å²) >= 11 is 12.2. The van der Waals surface area contributed by atoms with E-state index in [1.54, 1.807) is 19.1 Å². The highest BCUT2D eigenvalue weighted by molar-refractivity contribution is 6.35. The SMILES string of the molecule is CCNCc1cc(Cl)cc(Cl)c1OC(C)C(=O)NC(C)C. The average Bonchev–Trinajstić information content (AvgIpc) is 2.38. The maximum Gasteiger partial charge on any atom is 0.260 e. The van der Waals surface area contributed by atoms with E-state index in [4.69, 9.17) is 27.9 Å². The normalized spacial score (nSPS) is 12.3. The minimum atomic E-state index is -0.633. The second kappa shape index (κ2) is 8.47. The zero-order chi connectivity index (χ0) is 16.0. The van der Waals surface area contributed by atoms with Crippen LogP contribution in [0.2, 0.25) is 10.0 Å². The fourth-order valence-electron chi connectivity index (χ4n) is 1.77. The van der Waals surface area contributed by atoms with Gasteiger partial charge in [-0.05, 0) is 39.4 Å². The summed E-state index contributed by atoms with van der Waals surface area (Å²) < 4.78 is 5.75. The molecule has 6 heteroatoms. The molecule has 0 radical (unpaired) electrons. The number of carbonyl (C=O) groups is 1. The predicted octanol–water partition coefficient (Wildman–Crippen LogP) is 3.39. The number of carbonyl (C=O) groups excluding carboxylic acids is 1. The highest BCUT2D eigenvalue weighted by atomic mass is 35.5. The second-order valence-corrected chi connectivity index (χ2v) is 5.92. The van der Waals surface area contributed by atoms with Crippen molar-refractivity contribution in [3.05, 3.63) is 27.7 Å². The van der Waals surface area contributed by atoms with E-state index in [2.05, 4.69) is 10.6 Å². The van der Waals surface area contributed by atoms with Crippen LogP contribution in [-0.4, -0.2) is 24.6 Å². The Bertz CT molecular complexity index is 493. The maximum absolute atomic E-state index is 11.9. The number of ether oxygens (including phenoxy) is 1. The molecule has 1 aromatic carbocycles. The zero-order valence-electron chi connectivity index (χ0n) is 12.8. The van der Waals surface area contributed by atoms with E-state index < -0.39 is 6.10 Å². The Balaban J connectivity index is 2.92. The van der Waals surface area contributed by atoms with Crippen molar-refractivity contribution in [1.82, 2.24) is 10.6 Å². The Labute approximate surface area is 136 Å². The molecule has 1 rings (SSSR count). The van der Waals surface area contributed by atoms with E-state index in [0.717, 1.165) is 12.1 Å². The minimum absolute atomic E-state index is 0.0606. The van der Waals surface area contributed by atoms with Crippen LogP contribution in [0.1, 0.15) is 33.3 Å². The molecule has 0 fully saturated rings. The third-order valence-electron chi connectivity index (χ3n) is 2.75. The number of amides is 1. The van der Waals surface area contributed by atoms with Crippen molar-refractivity contribution in [3.8, 4) is 5.75 Å². The molecule has 0 aliphatic heterocycles. The molecule has 0 aliphatic rings. The Hall–Kier alpha value is -0.970. The smallest absolute Gasteiger partial charge is 0.260 e. The van der Waals surface area contributed by atoms with Crippen molar-refractivity contribution in [2.45, 2.75) is 46.4 Å². The fourth-order valence-corrected chi connectivity index (χ4v) is 2.35. The van der Waals surface area contributed by atoms with Gasteiger partial charge in [-0.1, -0.05) is 30.1 Å². The maximum atomic E-state index is 11.9. The highest BCUT2D eigenvalue weighted by Crippen LogP contribution is 2.33. The van der Waals surface area contributed by atoms with Gasteiger partial charge < -0.3 is 15.4 Å². The summed E-state index contributed by atoms with van der Waals surface area (Å²) in [5, 5.41) is 6.95. The van der Waals surface area contributed by atoms with Gasteiger partial charge in [-0.3, -0.25) is 4.79 Å². The first-order valence-corrected chi connectivity index (χ1v) is 7.76. The zero-order valence-corrected chi connectivity index (χ0v) is 14.3. The molecule has 0 heterocycles. The number of hydrogen-bond donors (Lipinski definition) is 2. The van der Waals surface area contributed by atoms with Gasteiger partial charge in [0, 0.05) is 23.2 Å². The number of benzene rings is 1. The van der Waals surface area contributed by atoms with E-state index in [9.17, 15) is 4.79 Å². The summed E-state index contributed by atoms with van der Waals surface area (Å²) in [4.78, 5) is 11.9. The summed E-state index contributed by atoms with van der Waals surface area (Å²) in [6.07, 6.45) is -0.633. The molecule has 0 saturated heterocycles. The first-order valence-electron chi connectivity index (χ1n) is 7.00. The largest absolute Gasteiger partial charge is 0.479 e. The van der Waals surface area contributed by atoms with Gasteiger partial charge >= 0.3 is 0 Å². The Morgan fingerprint density at radius 2 is 1.95 bits per heavy atom. The predicted molar refractivity (Wildman–Crippen MR) is 87.2 cm³/mol. The lowest BCUT2D eigenvalue weighted by molar-refractivity contribution is -0.127. The first-order chi connectivity index (χ1) is 9.85. The molecule has 0 saturated carbocycles. The summed E-state index contributed by atoms with van der Waals surface area (Å²) in [6.45, 7) is 8.88. The summed E-state index contributed by atoms with van der Waals surface area (Å²) in [5.41, 5.74) is 0.832. The molecule has 21 heavy (non-hydrogen) atoms. The molecule has 0 aromatic heterocycles. The standard InChI is InChI=1S/C15H22Cl2N2O2/c1-5-18-8-11-6-12(16)7-13(17)14(11)21-10(4)15(20)19-9(2)3/h6-7,9-10,18H,5,8H2,1-4H3,(H,19,20). The first kappa shape index (κ1) is 18.1. The van der Waals surface area contributed by atoms with Gasteiger partial charge in [-0.25, -0.2) is 0 Å².